The van der Waals surface area contributed by atoms with Gasteiger partial charge in [0.2, 0.25) is 5.91 Å². The molecule has 1 saturated heterocycles. The summed E-state index contributed by atoms with van der Waals surface area (Å²) < 4.78 is 0. The Morgan fingerprint density at radius 2 is 1.89 bits per heavy atom. The summed E-state index contributed by atoms with van der Waals surface area (Å²) in [5.74, 6) is 1.94. The van der Waals surface area contributed by atoms with Crippen molar-refractivity contribution in [2.45, 2.75) is 43.3 Å². The lowest BCUT2D eigenvalue weighted by Crippen LogP contribution is -2.35. The molecule has 148 valence electrons. The van der Waals surface area contributed by atoms with Gasteiger partial charge in [0.1, 0.15) is 11.0 Å². The zero-order chi connectivity index (χ0) is 19.3. The Balaban J connectivity index is 1.31. The molecule has 2 aromatic rings. The van der Waals surface area contributed by atoms with E-state index in [0.717, 1.165) is 51.0 Å². The second kappa shape index (κ2) is 9.14. The molecule has 1 aliphatic heterocycles. The molecule has 1 aromatic heterocycles. The van der Waals surface area contributed by atoms with Gasteiger partial charge in [-0.15, -0.1) is 0 Å². The molecule has 0 spiro atoms. The summed E-state index contributed by atoms with van der Waals surface area (Å²) in [6.07, 6.45) is 5.60. The zero-order valence-electron chi connectivity index (χ0n) is 15.8. The van der Waals surface area contributed by atoms with Crippen LogP contribution < -0.4 is 10.2 Å². The molecule has 1 aliphatic carbocycles. The van der Waals surface area contributed by atoms with Crippen molar-refractivity contribution in [1.82, 2.24) is 15.3 Å². The van der Waals surface area contributed by atoms with E-state index in [2.05, 4.69) is 50.5 Å². The first kappa shape index (κ1) is 19.5. The number of benzene rings is 1. The molecule has 0 bridgehead atoms. The summed E-state index contributed by atoms with van der Waals surface area (Å²) in [5.41, 5.74) is 1.41. The monoisotopic (exact) mass is 416 g/mol. The van der Waals surface area contributed by atoms with Crippen LogP contribution in [0.3, 0.4) is 0 Å². The van der Waals surface area contributed by atoms with Crippen LogP contribution in [-0.4, -0.2) is 40.8 Å². The van der Waals surface area contributed by atoms with Crippen LogP contribution in [0.5, 0.6) is 0 Å². The molecule has 1 amide bonds. The molecule has 2 heterocycles. The third-order valence-corrected chi connectivity index (χ3v) is 6.28. The van der Waals surface area contributed by atoms with Crippen molar-refractivity contribution in [3.8, 4) is 0 Å². The minimum absolute atomic E-state index is 0.0411. The molecule has 0 radical (unpaired) electrons. The van der Waals surface area contributed by atoms with Crippen molar-refractivity contribution in [1.29, 1.82) is 0 Å². The molecular weight excluding hydrogens is 392 g/mol. The fraction of sp³-hybridized carbons (Fsp3) is 0.476. The van der Waals surface area contributed by atoms with Crippen molar-refractivity contribution in [2.24, 2.45) is 5.92 Å². The van der Waals surface area contributed by atoms with Gasteiger partial charge in [-0.2, -0.15) is 0 Å². The zero-order valence-corrected chi connectivity index (χ0v) is 17.4. The first-order chi connectivity index (χ1) is 13.7. The molecule has 4 rings (SSSR count). The summed E-state index contributed by atoms with van der Waals surface area (Å²) in [7, 11) is 0. The molecule has 1 aromatic carbocycles. The standard InChI is InChI=1S/C21H25ClN4OS/c22-18-13-19(25-21(24-18)28-14-20(27)23-17-6-7-17)26-10-8-16(9-11-26)12-15-4-2-1-3-5-15/h1-5,13,16-17H,6-12,14H2,(H,23,27). The SMILES string of the molecule is O=C(CSc1nc(Cl)cc(N2CCC(Cc3ccccc3)CC2)n1)NC1CC1. The van der Waals surface area contributed by atoms with Crippen LogP contribution in [-0.2, 0) is 11.2 Å². The molecule has 5 nitrogen and oxygen atoms in total. The van der Waals surface area contributed by atoms with Gasteiger partial charge in [-0.05, 0) is 43.6 Å². The van der Waals surface area contributed by atoms with Crippen molar-refractivity contribution in [3.63, 3.8) is 0 Å². The second-order valence-electron chi connectivity index (χ2n) is 7.58. The van der Waals surface area contributed by atoms with Crippen LogP contribution in [0.1, 0.15) is 31.2 Å². The van der Waals surface area contributed by atoms with Gasteiger partial charge in [0.05, 0.1) is 5.75 Å². The molecule has 2 fully saturated rings. The summed E-state index contributed by atoms with van der Waals surface area (Å²) in [5, 5.41) is 3.98. The quantitative estimate of drug-likeness (QED) is 0.420. The summed E-state index contributed by atoms with van der Waals surface area (Å²) >= 11 is 7.57. The number of aromatic nitrogens is 2. The molecule has 0 unspecified atom stereocenters. The van der Waals surface area contributed by atoms with E-state index in [-0.39, 0.29) is 5.91 Å². The van der Waals surface area contributed by atoms with Gasteiger partial charge in [-0.1, -0.05) is 53.7 Å². The number of hydrogen-bond donors (Lipinski definition) is 1. The average Bonchev–Trinajstić information content (AvgIpc) is 3.51. The van der Waals surface area contributed by atoms with Crippen LogP contribution in [0, 0.1) is 5.92 Å². The molecule has 1 saturated carbocycles. The third kappa shape index (κ3) is 5.61. The Bertz CT molecular complexity index is 807. The minimum Gasteiger partial charge on any atom is -0.356 e. The summed E-state index contributed by atoms with van der Waals surface area (Å²) in [6.45, 7) is 1.94. The molecule has 0 atom stereocenters. The number of amides is 1. The Labute approximate surface area is 175 Å². The van der Waals surface area contributed by atoms with E-state index in [0.29, 0.717) is 28.0 Å². The fourth-order valence-electron chi connectivity index (χ4n) is 3.55. The van der Waals surface area contributed by atoms with Gasteiger partial charge >= 0.3 is 0 Å². The lowest BCUT2D eigenvalue weighted by Gasteiger charge is -2.33. The summed E-state index contributed by atoms with van der Waals surface area (Å²) in [6, 6.07) is 12.9. The molecular formula is C21H25ClN4OS. The van der Waals surface area contributed by atoms with E-state index < -0.39 is 0 Å². The van der Waals surface area contributed by atoms with Crippen molar-refractivity contribution in [2.75, 3.05) is 23.7 Å². The molecule has 28 heavy (non-hydrogen) atoms. The van der Waals surface area contributed by atoms with E-state index in [1.54, 1.807) is 0 Å². The van der Waals surface area contributed by atoms with Crippen LogP contribution in [0.25, 0.3) is 0 Å². The van der Waals surface area contributed by atoms with E-state index in [9.17, 15) is 4.79 Å². The van der Waals surface area contributed by atoms with Gasteiger partial charge in [0, 0.05) is 25.2 Å². The van der Waals surface area contributed by atoms with Crippen molar-refractivity contribution < 1.29 is 4.79 Å². The topological polar surface area (TPSA) is 58.1 Å². The van der Waals surface area contributed by atoms with E-state index in [1.165, 1.54) is 17.3 Å². The number of carbonyl (C=O) groups is 1. The molecule has 2 aliphatic rings. The Morgan fingerprint density at radius 1 is 1.14 bits per heavy atom. The van der Waals surface area contributed by atoms with Crippen LogP contribution in [0.15, 0.2) is 41.6 Å². The molecule has 7 heteroatoms. The van der Waals surface area contributed by atoms with Crippen LogP contribution in [0.4, 0.5) is 5.82 Å². The number of nitrogens with one attached hydrogen (secondary N) is 1. The predicted molar refractivity (Wildman–Crippen MR) is 114 cm³/mol. The number of hydrogen-bond acceptors (Lipinski definition) is 5. The summed E-state index contributed by atoms with van der Waals surface area (Å²) in [4.78, 5) is 23.1. The largest absolute Gasteiger partial charge is 0.356 e. The van der Waals surface area contributed by atoms with E-state index >= 15 is 0 Å². The Hall–Kier alpha value is -1.79. The maximum Gasteiger partial charge on any atom is 0.230 e. The predicted octanol–water partition coefficient (Wildman–Crippen LogP) is 3.96. The maximum absolute atomic E-state index is 11.9. The number of anilines is 1. The van der Waals surface area contributed by atoms with Crippen LogP contribution in [0.2, 0.25) is 5.15 Å². The number of piperidine rings is 1. The minimum atomic E-state index is 0.0411. The van der Waals surface area contributed by atoms with Gasteiger partial charge in [-0.3, -0.25) is 4.79 Å². The third-order valence-electron chi connectivity index (χ3n) is 5.24. The maximum atomic E-state index is 11.9. The highest BCUT2D eigenvalue weighted by Gasteiger charge is 2.24. The highest BCUT2D eigenvalue weighted by atomic mass is 35.5. The van der Waals surface area contributed by atoms with Gasteiger partial charge in [-0.25, -0.2) is 9.97 Å². The van der Waals surface area contributed by atoms with E-state index in [1.807, 2.05) is 6.07 Å². The lowest BCUT2D eigenvalue weighted by atomic mass is 9.90. The van der Waals surface area contributed by atoms with Crippen molar-refractivity contribution >= 4 is 35.1 Å². The highest BCUT2D eigenvalue weighted by molar-refractivity contribution is 7.99. The fourth-order valence-corrected chi connectivity index (χ4v) is 4.44. The van der Waals surface area contributed by atoms with Crippen molar-refractivity contribution in [3.05, 3.63) is 47.1 Å². The number of thioether (sulfide) groups is 1. The smallest absolute Gasteiger partial charge is 0.230 e. The second-order valence-corrected chi connectivity index (χ2v) is 8.91. The van der Waals surface area contributed by atoms with Gasteiger partial charge < -0.3 is 10.2 Å². The Kier molecular flexibility index (Phi) is 6.37. The Morgan fingerprint density at radius 3 is 2.61 bits per heavy atom. The lowest BCUT2D eigenvalue weighted by molar-refractivity contribution is -0.118. The van der Waals surface area contributed by atoms with Crippen LogP contribution >= 0.6 is 23.4 Å². The van der Waals surface area contributed by atoms with Gasteiger partial charge in [0.15, 0.2) is 5.16 Å². The van der Waals surface area contributed by atoms with E-state index in [4.69, 9.17) is 11.6 Å². The number of halogens is 1. The first-order valence-electron chi connectivity index (χ1n) is 9.91. The average molecular weight is 417 g/mol. The molecule has 1 N–H and O–H groups in total. The number of nitrogens with zero attached hydrogens (tertiary/aromatic N) is 3. The highest BCUT2D eigenvalue weighted by Crippen LogP contribution is 2.28. The first-order valence-corrected chi connectivity index (χ1v) is 11.3. The van der Waals surface area contributed by atoms with Gasteiger partial charge in [0.25, 0.3) is 0 Å². The normalized spacial score (nSPS) is 17.5. The number of rotatable bonds is 7. The number of carbonyl (C=O) groups excluding carboxylic acids is 1.